The minimum absolute atomic E-state index is 0.0510. The van der Waals surface area contributed by atoms with Crippen LogP contribution in [0.3, 0.4) is 0 Å². The van der Waals surface area contributed by atoms with E-state index in [0.717, 1.165) is 29.9 Å². The van der Waals surface area contributed by atoms with E-state index in [4.69, 9.17) is 5.84 Å². The molecule has 2 aromatic heterocycles. The van der Waals surface area contributed by atoms with Crippen molar-refractivity contribution in [3.63, 3.8) is 0 Å². The maximum Gasteiger partial charge on any atom is 0.0596 e. The monoisotopic (exact) mass is 262 g/mol. The zero-order valence-corrected chi connectivity index (χ0v) is 12.0. The number of nitrogens with zero attached hydrogens (tertiary/aromatic N) is 4. The summed E-state index contributed by atoms with van der Waals surface area (Å²) in [6.45, 7) is 7.02. The van der Waals surface area contributed by atoms with E-state index in [-0.39, 0.29) is 6.04 Å². The Hall–Kier alpha value is -1.66. The van der Waals surface area contributed by atoms with Gasteiger partial charge in [-0.2, -0.15) is 10.2 Å². The highest BCUT2D eigenvalue weighted by Gasteiger charge is 2.18. The van der Waals surface area contributed by atoms with Gasteiger partial charge in [-0.1, -0.05) is 0 Å². The predicted molar refractivity (Wildman–Crippen MR) is 74.4 cm³/mol. The highest BCUT2D eigenvalue weighted by molar-refractivity contribution is 5.23. The van der Waals surface area contributed by atoms with Crippen LogP contribution in [0.1, 0.15) is 35.6 Å². The lowest BCUT2D eigenvalue weighted by molar-refractivity contribution is 0.514. The molecule has 0 aliphatic carbocycles. The minimum atomic E-state index is 0.0510. The molecule has 0 radical (unpaired) electrons. The van der Waals surface area contributed by atoms with Crippen LogP contribution in [0, 0.1) is 13.8 Å². The molecule has 0 amide bonds. The van der Waals surface area contributed by atoms with Crippen LogP contribution in [0.4, 0.5) is 0 Å². The highest BCUT2D eigenvalue weighted by Crippen LogP contribution is 2.21. The van der Waals surface area contributed by atoms with Crippen molar-refractivity contribution < 1.29 is 0 Å². The van der Waals surface area contributed by atoms with Gasteiger partial charge in [0, 0.05) is 37.0 Å². The van der Waals surface area contributed by atoms with Gasteiger partial charge >= 0.3 is 0 Å². The molecule has 1 atom stereocenters. The second-order valence-corrected chi connectivity index (χ2v) is 4.83. The Morgan fingerprint density at radius 3 is 2.68 bits per heavy atom. The molecule has 19 heavy (non-hydrogen) atoms. The van der Waals surface area contributed by atoms with Crippen molar-refractivity contribution in [2.75, 3.05) is 0 Å². The smallest absolute Gasteiger partial charge is 0.0596 e. The van der Waals surface area contributed by atoms with Gasteiger partial charge in [0.15, 0.2) is 0 Å². The molecule has 2 heterocycles. The Balaban J connectivity index is 2.26. The summed E-state index contributed by atoms with van der Waals surface area (Å²) in [6.07, 6.45) is 2.68. The quantitative estimate of drug-likeness (QED) is 0.623. The Kier molecular flexibility index (Phi) is 4.01. The number of aryl methyl sites for hydroxylation is 3. The topological polar surface area (TPSA) is 73.7 Å². The fourth-order valence-electron chi connectivity index (χ4n) is 2.36. The maximum absolute atomic E-state index is 5.71. The van der Waals surface area contributed by atoms with Crippen molar-refractivity contribution in [2.24, 2.45) is 12.9 Å². The molecular weight excluding hydrogens is 240 g/mol. The Morgan fingerprint density at radius 2 is 2.16 bits per heavy atom. The van der Waals surface area contributed by atoms with Crippen LogP contribution >= 0.6 is 0 Å². The summed E-state index contributed by atoms with van der Waals surface area (Å²) in [5, 5.41) is 8.74. The summed E-state index contributed by atoms with van der Waals surface area (Å²) in [5.41, 5.74) is 7.37. The Bertz CT molecular complexity index is 553. The summed E-state index contributed by atoms with van der Waals surface area (Å²) in [4.78, 5) is 0. The summed E-state index contributed by atoms with van der Waals surface area (Å²) in [6, 6.07) is 2.16. The zero-order chi connectivity index (χ0) is 14.0. The third kappa shape index (κ3) is 2.69. The van der Waals surface area contributed by atoms with Gasteiger partial charge < -0.3 is 0 Å². The van der Waals surface area contributed by atoms with Crippen molar-refractivity contribution in [3.8, 4) is 0 Å². The number of nitrogens with one attached hydrogen (secondary N) is 1. The van der Waals surface area contributed by atoms with Gasteiger partial charge in [-0.3, -0.25) is 20.6 Å². The second-order valence-electron chi connectivity index (χ2n) is 4.83. The number of hydrazine groups is 1. The lowest BCUT2D eigenvalue weighted by atomic mass is 10.0. The maximum atomic E-state index is 5.71. The standard InChI is InChI=1S/C13H22N6/c1-5-19-11(6-9(2)17-19)7-13(16-14)12-8-15-18(4)10(12)3/h6,8,13,16H,5,7,14H2,1-4H3. The molecule has 3 N–H and O–H groups in total. The lowest BCUT2D eigenvalue weighted by Crippen LogP contribution is -2.30. The fraction of sp³-hybridized carbons (Fsp3) is 0.538. The van der Waals surface area contributed by atoms with Gasteiger partial charge in [-0.25, -0.2) is 0 Å². The first-order chi connectivity index (χ1) is 9.06. The average Bonchev–Trinajstić information content (AvgIpc) is 2.91. The highest BCUT2D eigenvalue weighted by atomic mass is 15.3. The third-order valence-corrected chi connectivity index (χ3v) is 3.55. The molecule has 6 heteroatoms. The van der Waals surface area contributed by atoms with Gasteiger partial charge in [0.25, 0.3) is 0 Å². The van der Waals surface area contributed by atoms with Crippen LogP contribution in [0.25, 0.3) is 0 Å². The van der Waals surface area contributed by atoms with E-state index in [1.54, 1.807) is 0 Å². The predicted octanol–water partition coefficient (Wildman–Crippen LogP) is 1.00. The first kappa shape index (κ1) is 13.8. The first-order valence-electron chi connectivity index (χ1n) is 6.54. The molecule has 2 aromatic rings. The Morgan fingerprint density at radius 1 is 1.42 bits per heavy atom. The molecule has 0 aliphatic rings. The van der Waals surface area contributed by atoms with E-state index in [0.29, 0.717) is 0 Å². The van der Waals surface area contributed by atoms with Crippen LogP contribution in [0.2, 0.25) is 0 Å². The van der Waals surface area contributed by atoms with E-state index >= 15 is 0 Å². The molecule has 0 bridgehead atoms. The van der Waals surface area contributed by atoms with Gasteiger partial charge in [0.05, 0.1) is 17.9 Å². The van der Waals surface area contributed by atoms with Crippen molar-refractivity contribution in [3.05, 3.63) is 34.9 Å². The van der Waals surface area contributed by atoms with Crippen LogP contribution in [0.5, 0.6) is 0 Å². The number of hydrogen-bond donors (Lipinski definition) is 2. The number of rotatable bonds is 5. The second kappa shape index (κ2) is 5.54. The van der Waals surface area contributed by atoms with Crippen LogP contribution in [-0.4, -0.2) is 19.6 Å². The largest absolute Gasteiger partial charge is 0.273 e. The molecule has 0 saturated carbocycles. The normalized spacial score (nSPS) is 12.9. The molecule has 0 fully saturated rings. The van der Waals surface area contributed by atoms with Crippen molar-refractivity contribution in [2.45, 2.75) is 39.8 Å². The van der Waals surface area contributed by atoms with E-state index in [1.165, 1.54) is 5.69 Å². The molecule has 0 saturated heterocycles. The minimum Gasteiger partial charge on any atom is -0.273 e. The third-order valence-electron chi connectivity index (χ3n) is 3.55. The van der Waals surface area contributed by atoms with Crippen LogP contribution in [-0.2, 0) is 20.0 Å². The first-order valence-corrected chi connectivity index (χ1v) is 6.54. The van der Waals surface area contributed by atoms with Crippen molar-refractivity contribution in [1.82, 2.24) is 25.0 Å². The molecule has 1 unspecified atom stereocenters. The summed E-state index contributed by atoms with van der Waals surface area (Å²) >= 11 is 0. The van der Waals surface area contributed by atoms with E-state index in [9.17, 15) is 0 Å². The SMILES string of the molecule is CCn1nc(C)cc1CC(NN)c1cnn(C)c1C. The van der Waals surface area contributed by atoms with Gasteiger partial charge in [-0.15, -0.1) is 0 Å². The zero-order valence-electron chi connectivity index (χ0n) is 12.0. The summed E-state index contributed by atoms with van der Waals surface area (Å²) < 4.78 is 3.88. The van der Waals surface area contributed by atoms with E-state index in [1.807, 2.05) is 29.5 Å². The van der Waals surface area contributed by atoms with Gasteiger partial charge in [0.1, 0.15) is 0 Å². The number of aromatic nitrogens is 4. The number of hydrogen-bond acceptors (Lipinski definition) is 4. The van der Waals surface area contributed by atoms with Gasteiger partial charge in [-0.05, 0) is 26.8 Å². The van der Waals surface area contributed by atoms with Crippen molar-refractivity contribution >= 4 is 0 Å². The molecule has 0 aliphatic heterocycles. The van der Waals surface area contributed by atoms with Crippen LogP contribution < -0.4 is 11.3 Å². The molecule has 6 nitrogen and oxygen atoms in total. The van der Waals surface area contributed by atoms with Crippen LogP contribution in [0.15, 0.2) is 12.3 Å². The molecule has 104 valence electrons. The lowest BCUT2D eigenvalue weighted by Gasteiger charge is -2.16. The fourth-order valence-corrected chi connectivity index (χ4v) is 2.36. The Labute approximate surface area is 113 Å². The average molecular weight is 262 g/mol. The molecular formula is C13H22N6. The van der Waals surface area contributed by atoms with Gasteiger partial charge in [0.2, 0.25) is 0 Å². The van der Waals surface area contributed by atoms with Crippen molar-refractivity contribution in [1.29, 1.82) is 0 Å². The molecule has 0 spiro atoms. The molecule has 2 rings (SSSR count). The number of nitrogens with two attached hydrogens (primary N) is 1. The molecule has 0 aromatic carbocycles. The summed E-state index contributed by atoms with van der Waals surface area (Å²) in [5.74, 6) is 5.71. The van der Waals surface area contributed by atoms with E-state index in [2.05, 4.69) is 35.5 Å². The summed E-state index contributed by atoms with van der Waals surface area (Å²) in [7, 11) is 1.94. The van der Waals surface area contributed by atoms with E-state index < -0.39 is 0 Å².